The van der Waals surface area contributed by atoms with Crippen molar-refractivity contribution < 1.29 is 9.47 Å². The summed E-state index contributed by atoms with van der Waals surface area (Å²) in [4.78, 5) is 1.68. The summed E-state index contributed by atoms with van der Waals surface area (Å²) in [5.41, 5.74) is 4.97. The lowest BCUT2D eigenvalue weighted by molar-refractivity contribution is 0.410. The maximum Gasteiger partial charge on any atom is 0.123 e. The normalized spacial score (nSPS) is 22.7. The van der Waals surface area contributed by atoms with Crippen LogP contribution in [-0.2, 0) is 9.74 Å². The molecular formula is C28H23NO2S2. The van der Waals surface area contributed by atoms with Crippen molar-refractivity contribution in [3.8, 4) is 11.5 Å². The molecule has 164 valence electrons. The van der Waals surface area contributed by atoms with Crippen molar-refractivity contribution in [2.75, 3.05) is 14.2 Å². The minimum atomic E-state index is -0.442. The number of methoxy groups -OCH3 is 2. The number of ether oxygens (including phenoxy) is 2. The highest BCUT2D eigenvalue weighted by Gasteiger charge is 2.55. The number of nitrogens with one attached hydrogen (secondary N) is 1. The third kappa shape index (κ3) is 3.11. The van der Waals surface area contributed by atoms with E-state index in [9.17, 15) is 0 Å². The fraction of sp³-hybridized carbons (Fsp3) is 0.143. The Bertz CT molecular complexity index is 1220. The predicted molar refractivity (Wildman–Crippen MR) is 135 cm³/mol. The van der Waals surface area contributed by atoms with Crippen LogP contribution in [0.2, 0.25) is 0 Å². The number of hydrogen-bond donors (Lipinski definition) is 1. The lowest BCUT2D eigenvalue weighted by Gasteiger charge is -2.54. The van der Waals surface area contributed by atoms with Crippen LogP contribution in [-0.4, -0.2) is 14.2 Å². The largest absolute Gasteiger partial charge is 0.497 e. The average molecular weight is 470 g/mol. The second kappa shape index (κ2) is 7.87. The Morgan fingerprint density at radius 2 is 0.939 bits per heavy atom. The van der Waals surface area contributed by atoms with Gasteiger partial charge in [-0.15, -0.1) is 0 Å². The van der Waals surface area contributed by atoms with Gasteiger partial charge in [-0.1, -0.05) is 84.2 Å². The molecule has 0 spiro atoms. The zero-order valence-corrected chi connectivity index (χ0v) is 20.0. The van der Waals surface area contributed by atoms with Crippen LogP contribution >= 0.6 is 23.5 Å². The number of benzene rings is 4. The molecule has 5 heteroatoms. The van der Waals surface area contributed by atoms with E-state index in [1.54, 1.807) is 14.2 Å². The van der Waals surface area contributed by atoms with E-state index in [-0.39, 0.29) is 0 Å². The van der Waals surface area contributed by atoms with Crippen molar-refractivity contribution >= 4 is 23.5 Å². The van der Waals surface area contributed by atoms with Crippen LogP contribution in [0.25, 0.3) is 0 Å². The molecule has 2 heterocycles. The first-order chi connectivity index (χ1) is 16.2. The molecule has 33 heavy (non-hydrogen) atoms. The van der Waals surface area contributed by atoms with E-state index in [1.165, 1.54) is 32.0 Å². The van der Waals surface area contributed by atoms with Gasteiger partial charge in [-0.05, 0) is 47.5 Å². The molecule has 2 aliphatic rings. The van der Waals surface area contributed by atoms with E-state index in [0.717, 1.165) is 11.5 Å². The summed E-state index contributed by atoms with van der Waals surface area (Å²) in [5, 5.41) is 4.14. The van der Waals surface area contributed by atoms with E-state index in [2.05, 4.69) is 78.1 Å². The molecule has 6 rings (SSSR count). The molecule has 0 radical (unpaired) electrons. The zero-order valence-electron chi connectivity index (χ0n) is 18.4. The maximum absolute atomic E-state index is 5.45. The molecule has 0 saturated carbocycles. The molecule has 0 aromatic heterocycles. The van der Waals surface area contributed by atoms with Crippen molar-refractivity contribution in [1.82, 2.24) is 5.32 Å². The molecule has 3 nitrogen and oxygen atoms in total. The van der Waals surface area contributed by atoms with Gasteiger partial charge in [0, 0.05) is 20.9 Å². The van der Waals surface area contributed by atoms with Gasteiger partial charge in [0.05, 0.1) is 14.2 Å². The highest BCUT2D eigenvalue weighted by atomic mass is 32.2. The third-order valence-electron chi connectivity index (χ3n) is 6.40. The first-order valence-electron chi connectivity index (χ1n) is 10.8. The van der Waals surface area contributed by atoms with Crippen LogP contribution < -0.4 is 14.8 Å². The molecule has 0 saturated heterocycles. The van der Waals surface area contributed by atoms with E-state index >= 15 is 0 Å². The van der Waals surface area contributed by atoms with Crippen LogP contribution in [0, 0.1) is 0 Å². The quantitative estimate of drug-likeness (QED) is 0.363. The van der Waals surface area contributed by atoms with Gasteiger partial charge < -0.3 is 9.47 Å². The van der Waals surface area contributed by atoms with Gasteiger partial charge in [0.2, 0.25) is 0 Å². The lowest BCUT2D eigenvalue weighted by atomic mass is 9.90. The van der Waals surface area contributed by atoms with Gasteiger partial charge in [-0.3, -0.25) is 5.32 Å². The van der Waals surface area contributed by atoms with Crippen LogP contribution in [0.15, 0.2) is 107 Å². The topological polar surface area (TPSA) is 30.5 Å². The molecular weight excluding hydrogens is 446 g/mol. The molecule has 4 aromatic carbocycles. The Morgan fingerprint density at radius 1 is 0.545 bits per heavy atom. The van der Waals surface area contributed by atoms with Gasteiger partial charge in [0.25, 0.3) is 0 Å². The van der Waals surface area contributed by atoms with Crippen molar-refractivity contribution in [3.63, 3.8) is 0 Å². The summed E-state index contributed by atoms with van der Waals surface area (Å²) in [5.74, 6) is 1.72. The van der Waals surface area contributed by atoms with Crippen molar-refractivity contribution in [3.05, 3.63) is 119 Å². The summed E-state index contributed by atoms with van der Waals surface area (Å²) >= 11 is 3.76. The van der Waals surface area contributed by atoms with Crippen molar-refractivity contribution in [2.24, 2.45) is 0 Å². The van der Waals surface area contributed by atoms with Gasteiger partial charge in [0.15, 0.2) is 0 Å². The lowest BCUT2D eigenvalue weighted by Crippen LogP contribution is -2.57. The van der Waals surface area contributed by atoms with Crippen LogP contribution in [0.5, 0.6) is 11.5 Å². The summed E-state index contributed by atoms with van der Waals surface area (Å²) < 4.78 is 10.9. The monoisotopic (exact) mass is 469 g/mol. The smallest absolute Gasteiger partial charge is 0.123 e. The van der Waals surface area contributed by atoms with Crippen LogP contribution in [0.3, 0.4) is 0 Å². The number of rotatable bonds is 4. The average Bonchev–Trinajstić information content (AvgIpc) is 2.89. The molecule has 0 unspecified atom stereocenters. The zero-order chi connectivity index (χ0) is 22.5. The van der Waals surface area contributed by atoms with Gasteiger partial charge in [0.1, 0.15) is 21.2 Å². The summed E-state index contributed by atoms with van der Waals surface area (Å²) in [6.45, 7) is 0. The van der Waals surface area contributed by atoms with Crippen LogP contribution in [0.1, 0.15) is 22.3 Å². The molecule has 2 atom stereocenters. The van der Waals surface area contributed by atoms with E-state index in [0.29, 0.717) is 0 Å². The molecule has 0 fully saturated rings. The number of hydrogen-bond acceptors (Lipinski definition) is 5. The van der Waals surface area contributed by atoms with Gasteiger partial charge in [-0.2, -0.15) is 0 Å². The van der Waals surface area contributed by atoms with Crippen molar-refractivity contribution in [2.45, 2.75) is 19.5 Å². The van der Waals surface area contributed by atoms with Crippen molar-refractivity contribution in [1.29, 1.82) is 0 Å². The van der Waals surface area contributed by atoms with Gasteiger partial charge in [-0.25, -0.2) is 0 Å². The summed E-state index contributed by atoms with van der Waals surface area (Å²) in [6, 6.07) is 34.4. The highest BCUT2D eigenvalue weighted by molar-refractivity contribution is 8.02. The SMILES string of the molecule is COc1ccc([C@]23N[C@](c4ccc(OC)cc4)(Sc4ccccc42)c2ccccc2S3)cc1. The van der Waals surface area contributed by atoms with Crippen LogP contribution in [0.4, 0.5) is 0 Å². The summed E-state index contributed by atoms with van der Waals surface area (Å²) in [7, 11) is 3.41. The molecule has 0 amide bonds. The highest BCUT2D eigenvalue weighted by Crippen LogP contribution is 2.64. The molecule has 4 aromatic rings. The predicted octanol–water partition coefficient (Wildman–Crippen LogP) is 6.61. The Labute approximate surface area is 202 Å². The molecule has 0 aliphatic carbocycles. The maximum atomic E-state index is 5.45. The molecule has 2 bridgehead atoms. The minimum Gasteiger partial charge on any atom is -0.497 e. The Hall–Kier alpha value is -2.86. The summed E-state index contributed by atoms with van der Waals surface area (Å²) in [6.07, 6.45) is 0. The minimum absolute atomic E-state index is 0.442. The fourth-order valence-electron chi connectivity index (χ4n) is 4.79. The number of fused-ring (bicyclic) bond motifs is 6. The Balaban J connectivity index is 1.64. The fourth-order valence-corrected chi connectivity index (χ4v) is 8.09. The first kappa shape index (κ1) is 20.7. The Kier molecular flexibility index (Phi) is 4.94. The molecule has 2 aliphatic heterocycles. The van der Waals surface area contributed by atoms with E-state index in [1.807, 2.05) is 47.8 Å². The molecule has 1 N–H and O–H groups in total. The van der Waals surface area contributed by atoms with E-state index in [4.69, 9.17) is 9.47 Å². The second-order valence-electron chi connectivity index (χ2n) is 8.14. The van der Waals surface area contributed by atoms with E-state index < -0.39 is 9.74 Å². The standard InChI is InChI=1S/C28H23NO2S2/c1-30-21-15-11-19(12-16-21)27-23-7-3-5-9-25(23)33-28(29-27,20-13-17-22(31-2)18-14-20)24-8-4-6-10-26(24)32-27/h3-18,29H,1-2H3/t27-,28-/m1/s1. The van der Waals surface area contributed by atoms with Gasteiger partial charge >= 0.3 is 0 Å². The Morgan fingerprint density at radius 3 is 1.33 bits per heavy atom. The third-order valence-corrected chi connectivity index (χ3v) is 9.28. The first-order valence-corrected chi connectivity index (χ1v) is 12.5. The number of thioether (sulfide) groups is 2. The second-order valence-corrected chi connectivity index (χ2v) is 10.7.